The summed E-state index contributed by atoms with van der Waals surface area (Å²) >= 11 is 4.62. The van der Waals surface area contributed by atoms with Gasteiger partial charge in [-0.05, 0) is 33.6 Å². The molecule has 1 N–H and O–H groups in total. The molecule has 0 saturated heterocycles. The zero-order valence-corrected chi connectivity index (χ0v) is 12.1. The molecule has 0 aliphatic rings. The predicted molar refractivity (Wildman–Crippen MR) is 73.6 cm³/mol. The lowest BCUT2D eigenvalue weighted by Crippen LogP contribution is -2.01. The Bertz CT molecular complexity index is 542. The van der Waals surface area contributed by atoms with Crippen LogP contribution in [0.1, 0.15) is 16.5 Å². The molecule has 0 radical (unpaired) electrons. The fourth-order valence-electron chi connectivity index (χ4n) is 1.63. The molecule has 1 unspecified atom stereocenters. The molecule has 5 heteroatoms. The van der Waals surface area contributed by atoms with Gasteiger partial charge in [0, 0.05) is 16.7 Å². The Morgan fingerprint density at radius 1 is 1.50 bits per heavy atom. The van der Waals surface area contributed by atoms with Gasteiger partial charge >= 0.3 is 0 Å². The van der Waals surface area contributed by atoms with Crippen LogP contribution in [-0.2, 0) is 6.42 Å². The van der Waals surface area contributed by atoms with Crippen LogP contribution < -0.4 is 4.74 Å². The molecular weight excluding hydrogens is 319 g/mol. The fraction of sp³-hybridized carbons (Fsp3) is 0.231. The molecule has 1 heterocycles. The molecule has 2 aromatic rings. The third-order valence-corrected chi connectivity index (χ3v) is 4.50. The van der Waals surface area contributed by atoms with Crippen molar-refractivity contribution in [2.24, 2.45) is 0 Å². The quantitative estimate of drug-likeness (QED) is 0.920. The van der Waals surface area contributed by atoms with E-state index in [1.54, 1.807) is 25.3 Å². The number of ether oxygens (including phenoxy) is 1. The van der Waals surface area contributed by atoms with Crippen LogP contribution in [0.15, 0.2) is 34.1 Å². The summed E-state index contributed by atoms with van der Waals surface area (Å²) in [4.78, 5) is 0.808. The van der Waals surface area contributed by atoms with Gasteiger partial charge in [0.1, 0.15) is 11.6 Å². The monoisotopic (exact) mass is 330 g/mol. The Morgan fingerprint density at radius 3 is 2.94 bits per heavy atom. The van der Waals surface area contributed by atoms with Gasteiger partial charge < -0.3 is 9.84 Å². The second-order valence-electron chi connectivity index (χ2n) is 3.82. The maximum atomic E-state index is 13.3. The van der Waals surface area contributed by atoms with Gasteiger partial charge in [-0.15, -0.1) is 11.3 Å². The minimum Gasteiger partial charge on any atom is -0.496 e. The Labute approximate surface area is 117 Å². The van der Waals surface area contributed by atoms with Crippen molar-refractivity contribution in [1.29, 1.82) is 0 Å². The van der Waals surface area contributed by atoms with E-state index in [1.807, 2.05) is 5.38 Å². The third-order valence-electron chi connectivity index (χ3n) is 2.60. The van der Waals surface area contributed by atoms with Crippen molar-refractivity contribution >= 4 is 27.3 Å². The zero-order valence-electron chi connectivity index (χ0n) is 9.69. The van der Waals surface area contributed by atoms with Crippen LogP contribution in [-0.4, -0.2) is 12.2 Å². The second kappa shape index (κ2) is 5.82. The van der Waals surface area contributed by atoms with E-state index in [4.69, 9.17) is 4.74 Å². The van der Waals surface area contributed by atoms with E-state index < -0.39 is 6.10 Å². The van der Waals surface area contributed by atoms with Crippen LogP contribution in [0.25, 0.3) is 0 Å². The Morgan fingerprint density at radius 2 is 2.28 bits per heavy atom. The minimum absolute atomic E-state index is 0.316. The zero-order chi connectivity index (χ0) is 13.1. The van der Waals surface area contributed by atoms with Crippen molar-refractivity contribution in [2.45, 2.75) is 12.5 Å². The fourth-order valence-corrected chi connectivity index (χ4v) is 2.90. The lowest BCUT2D eigenvalue weighted by atomic mass is 10.1. The molecule has 2 rings (SSSR count). The van der Waals surface area contributed by atoms with Gasteiger partial charge in [-0.25, -0.2) is 4.39 Å². The molecule has 0 fully saturated rings. The molecule has 1 atom stereocenters. The average Bonchev–Trinajstić information content (AvgIpc) is 2.83. The molecule has 0 saturated carbocycles. The number of methoxy groups -OCH3 is 1. The Balaban J connectivity index is 2.15. The SMILES string of the molecule is COc1csc(C(O)Cc2cccc(F)c2Br)c1. The number of thiophene rings is 1. The maximum absolute atomic E-state index is 13.3. The molecule has 0 aliphatic heterocycles. The van der Waals surface area contributed by atoms with Gasteiger partial charge in [0.2, 0.25) is 0 Å². The number of hydrogen-bond acceptors (Lipinski definition) is 3. The number of halogens is 2. The summed E-state index contributed by atoms with van der Waals surface area (Å²) in [6.45, 7) is 0. The van der Waals surface area contributed by atoms with Gasteiger partial charge in [-0.3, -0.25) is 0 Å². The molecule has 0 aliphatic carbocycles. The first-order chi connectivity index (χ1) is 8.61. The first-order valence-corrected chi connectivity index (χ1v) is 7.02. The molecule has 18 heavy (non-hydrogen) atoms. The van der Waals surface area contributed by atoms with Gasteiger partial charge in [0.15, 0.2) is 0 Å². The van der Waals surface area contributed by atoms with Crippen molar-refractivity contribution in [3.8, 4) is 5.75 Å². The van der Waals surface area contributed by atoms with E-state index in [1.165, 1.54) is 17.4 Å². The summed E-state index contributed by atoms with van der Waals surface area (Å²) in [5, 5.41) is 11.9. The normalized spacial score (nSPS) is 12.4. The van der Waals surface area contributed by atoms with Crippen LogP contribution in [0.4, 0.5) is 4.39 Å². The van der Waals surface area contributed by atoms with Crippen LogP contribution in [0.2, 0.25) is 0 Å². The summed E-state index contributed by atoms with van der Waals surface area (Å²) in [5.74, 6) is 0.413. The van der Waals surface area contributed by atoms with Crippen molar-refractivity contribution in [3.63, 3.8) is 0 Å². The Hall–Kier alpha value is -0.910. The molecule has 0 amide bonds. The van der Waals surface area contributed by atoms with Crippen LogP contribution >= 0.6 is 27.3 Å². The smallest absolute Gasteiger partial charge is 0.137 e. The molecule has 1 aromatic heterocycles. The standard InChI is InChI=1S/C13H12BrFO2S/c1-17-9-6-12(18-7-9)11(16)5-8-3-2-4-10(15)13(8)14/h2-4,6-7,11,16H,5H2,1H3. The van der Waals surface area contributed by atoms with Crippen LogP contribution in [0, 0.1) is 5.82 Å². The number of benzene rings is 1. The summed E-state index contributed by atoms with van der Waals surface area (Å²) < 4.78 is 18.8. The Kier molecular flexibility index (Phi) is 4.37. The van der Waals surface area contributed by atoms with Crippen molar-refractivity contribution < 1.29 is 14.2 Å². The summed E-state index contributed by atoms with van der Waals surface area (Å²) in [7, 11) is 1.58. The number of rotatable bonds is 4. The topological polar surface area (TPSA) is 29.5 Å². The van der Waals surface area contributed by atoms with E-state index in [0.29, 0.717) is 10.9 Å². The maximum Gasteiger partial charge on any atom is 0.137 e. The highest BCUT2D eigenvalue weighted by atomic mass is 79.9. The minimum atomic E-state index is -0.656. The molecular formula is C13H12BrFO2S. The van der Waals surface area contributed by atoms with E-state index in [2.05, 4.69) is 15.9 Å². The third kappa shape index (κ3) is 2.91. The van der Waals surface area contributed by atoms with Gasteiger partial charge in [-0.1, -0.05) is 12.1 Å². The van der Waals surface area contributed by atoms with Crippen molar-refractivity contribution in [2.75, 3.05) is 7.11 Å². The highest BCUT2D eigenvalue weighted by Gasteiger charge is 2.14. The van der Waals surface area contributed by atoms with E-state index >= 15 is 0 Å². The largest absolute Gasteiger partial charge is 0.496 e. The first kappa shape index (κ1) is 13.5. The van der Waals surface area contributed by atoms with Crippen LogP contribution in [0.3, 0.4) is 0 Å². The summed E-state index contributed by atoms with van der Waals surface area (Å²) in [6.07, 6.45) is -0.292. The van der Waals surface area contributed by atoms with Gasteiger partial charge in [-0.2, -0.15) is 0 Å². The summed E-state index contributed by atoms with van der Waals surface area (Å²) in [5.41, 5.74) is 0.745. The van der Waals surface area contributed by atoms with E-state index in [0.717, 1.165) is 16.2 Å². The van der Waals surface area contributed by atoms with Crippen molar-refractivity contribution in [1.82, 2.24) is 0 Å². The predicted octanol–water partition coefficient (Wildman–Crippen LogP) is 3.93. The molecule has 2 nitrogen and oxygen atoms in total. The molecule has 96 valence electrons. The van der Waals surface area contributed by atoms with E-state index in [-0.39, 0.29) is 5.82 Å². The van der Waals surface area contributed by atoms with Gasteiger partial charge in [0.25, 0.3) is 0 Å². The first-order valence-electron chi connectivity index (χ1n) is 5.35. The summed E-state index contributed by atoms with van der Waals surface area (Å²) in [6, 6.07) is 6.61. The van der Waals surface area contributed by atoms with Crippen molar-refractivity contribution in [3.05, 3.63) is 50.4 Å². The second-order valence-corrected chi connectivity index (χ2v) is 5.56. The molecule has 0 spiro atoms. The highest BCUT2D eigenvalue weighted by molar-refractivity contribution is 9.10. The lowest BCUT2D eigenvalue weighted by molar-refractivity contribution is 0.181. The number of aliphatic hydroxyl groups is 1. The average molecular weight is 331 g/mol. The lowest BCUT2D eigenvalue weighted by Gasteiger charge is -2.10. The van der Waals surface area contributed by atoms with Crippen LogP contribution in [0.5, 0.6) is 5.75 Å². The van der Waals surface area contributed by atoms with E-state index in [9.17, 15) is 9.50 Å². The van der Waals surface area contributed by atoms with Gasteiger partial charge in [0.05, 0.1) is 17.7 Å². The highest BCUT2D eigenvalue weighted by Crippen LogP contribution is 2.31. The molecule has 0 bridgehead atoms. The number of aliphatic hydroxyl groups excluding tert-OH is 1. The molecule has 1 aromatic carbocycles. The number of hydrogen-bond donors (Lipinski definition) is 1.